The summed E-state index contributed by atoms with van der Waals surface area (Å²) in [5.41, 5.74) is 5.79. The van der Waals surface area contributed by atoms with Crippen LogP contribution in [0, 0.1) is 0 Å². The molecule has 108 valence electrons. The number of nitrogen functional groups attached to an aromatic ring is 1. The predicted molar refractivity (Wildman–Crippen MR) is 79.2 cm³/mol. The van der Waals surface area contributed by atoms with E-state index in [9.17, 15) is 12.6 Å². The van der Waals surface area contributed by atoms with Gasteiger partial charge in [-0.3, -0.25) is 4.21 Å². The zero-order valence-electron chi connectivity index (χ0n) is 10.7. The fraction of sp³-hybridized carbons (Fsp3) is 0.455. The molecule has 0 fully saturated rings. The molecule has 0 saturated heterocycles. The van der Waals surface area contributed by atoms with Crippen LogP contribution in [0.5, 0.6) is 0 Å². The summed E-state index contributed by atoms with van der Waals surface area (Å²) >= 11 is 5.77. The van der Waals surface area contributed by atoms with E-state index in [4.69, 9.17) is 17.3 Å². The van der Waals surface area contributed by atoms with Gasteiger partial charge in [0.2, 0.25) is 10.0 Å². The first-order chi connectivity index (χ1) is 8.72. The molecule has 0 spiro atoms. The monoisotopic (exact) mass is 324 g/mol. The standard InChI is InChI=1S/C11H17ClN2O3S2/c1-8(5-6-18(2)15)14-19(16,17)11-7-9(12)3-4-10(11)13/h3-4,7-8,14H,5-6,13H2,1-2H3. The molecule has 0 aliphatic carbocycles. The van der Waals surface area contributed by atoms with Crippen LogP contribution >= 0.6 is 11.6 Å². The smallest absolute Gasteiger partial charge is 0.242 e. The van der Waals surface area contributed by atoms with Gasteiger partial charge in [-0.1, -0.05) is 11.6 Å². The first-order valence-corrected chi connectivity index (χ1v) is 9.18. The molecule has 0 amide bonds. The van der Waals surface area contributed by atoms with E-state index in [1.54, 1.807) is 13.2 Å². The van der Waals surface area contributed by atoms with E-state index < -0.39 is 20.8 Å². The third kappa shape index (κ3) is 5.10. The van der Waals surface area contributed by atoms with Crippen LogP contribution in [0.2, 0.25) is 5.02 Å². The zero-order chi connectivity index (χ0) is 14.6. The summed E-state index contributed by atoms with van der Waals surface area (Å²) in [5.74, 6) is 0.439. The van der Waals surface area contributed by atoms with Crippen LogP contribution < -0.4 is 10.5 Å². The minimum absolute atomic E-state index is 0.0375. The van der Waals surface area contributed by atoms with Gasteiger partial charge in [0.1, 0.15) is 4.90 Å². The van der Waals surface area contributed by atoms with Crippen LogP contribution in [0.4, 0.5) is 5.69 Å². The Morgan fingerprint density at radius 1 is 1.47 bits per heavy atom. The molecule has 0 bridgehead atoms. The van der Waals surface area contributed by atoms with E-state index in [1.807, 2.05) is 0 Å². The van der Waals surface area contributed by atoms with Gasteiger partial charge in [0.15, 0.2) is 0 Å². The molecule has 0 aliphatic rings. The third-order valence-corrected chi connectivity index (χ3v) is 5.15. The van der Waals surface area contributed by atoms with Crippen molar-refractivity contribution in [3.05, 3.63) is 23.2 Å². The van der Waals surface area contributed by atoms with Gasteiger partial charge in [0, 0.05) is 33.9 Å². The molecule has 5 nitrogen and oxygen atoms in total. The molecule has 0 radical (unpaired) electrons. The first-order valence-electron chi connectivity index (χ1n) is 5.60. The Hall–Kier alpha value is -0.630. The van der Waals surface area contributed by atoms with Crippen LogP contribution in [-0.4, -0.2) is 30.7 Å². The van der Waals surface area contributed by atoms with Crippen molar-refractivity contribution >= 4 is 38.1 Å². The Morgan fingerprint density at radius 2 is 2.11 bits per heavy atom. The molecular weight excluding hydrogens is 308 g/mol. The number of halogens is 1. The molecule has 2 atom stereocenters. The molecular formula is C11H17ClN2O3S2. The molecule has 1 rings (SSSR count). The number of nitrogens with two attached hydrogens (primary N) is 1. The van der Waals surface area contributed by atoms with Gasteiger partial charge in [-0.05, 0) is 31.5 Å². The van der Waals surface area contributed by atoms with E-state index in [0.29, 0.717) is 17.2 Å². The Labute approximate surface area is 121 Å². The highest BCUT2D eigenvalue weighted by atomic mass is 35.5. The lowest BCUT2D eigenvalue weighted by Gasteiger charge is -2.15. The fourth-order valence-electron chi connectivity index (χ4n) is 1.47. The van der Waals surface area contributed by atoms with Crippen molar-refractivity contribution < 1.29 is 12.6 Å². The van der Waals surface area contributed by atoms with Crippen molar-refractivity contribution in [2.24, 2.45) is 0 Å². The van der Waals surface area contributed by atoms with Crippen LogP contribution in [0.25, 0.3) is 0 Å². The van der Waals surface area contributed by atoms with Crippen molar-refractivity contribution in [2.75, 3.05) is 17.7 Å². The van der Waals surface area contributed by atoms with Crippen molar-refractivity contribution in [1.29, 1.82) is 0 Å². The molecule has 8 heteroatoms. The van der Waals surface area contributed by atoms with E-state index in [2.05, 4.69) is 4.72 Å². The summed E-state index contributed by atoms with van der Waals surface area (Å²) in [7, 11) is -4.67. The second-order valence-corrected chi connectivity index (χ2v) is 7.94. The molecule has 0 saturated carbocycles. The molecule has 0 aromatic heterocycles. The summed E-state index contributed by atoms with van der Waals surface area (Å²) in [6.45, 7) is 1.71. The van der Waals surface area contributed by atoms with Gasteiger partial charge in [-0.2, -0.15) is 0 Å². The van der Waals surface area contributed by atoms with E-state index in [1.165, 1.54) is 18.2 Å². The van der Waals surface area contributed by atoms with Crippen molar-refractivity contribution in [3.63, 3.8) is 0 Å². The molecule has 0 aliphatic heterocycles. The average molecular weight is 325 g/mol. The maximum Gasteiger partial charge on any atom is 0.242 e. The lowest BCUT2D eigenvalue weighted by molar-refractivity contribution is 0.556. The minimum Gasteiger partial charge on any atom is -0.398 e. The predicted octanol–water partition coefficient (Wildman–Crippen LogP) is 1.36. The highest BCUT2D eigenvalue weighted by Crippen LogP contribution is 2.22. The third-order valence-electron chi connectivity index (χ3n) is 2.46. The Balaban J connectivity index is 2.86. The van der Waals surface area contributed by atoms with Gasteiger partial charge < -0.3 is 5.73 Å². The lowest BCUT2D eigenvalue weighted by atomic mass is 10.3. The Morgan fingerprint density at radius 3 is 2.68 bits per heavy atom. The quantitative estimate of drug-likeness (QED) is 0.773. The molecule has 1 aromatic rings. The summed E-state index contributed by atoms with van der Waals surface area (Å²) in [5, 5.41) is 0.303. The number of hydrogen-bond acceptors (Lipinski definition) is 4. The summed E-state index contributed by atoms with van der Waals surface area (Å²) in [6, 6.07) is 3.96. The number of hydrogen-bond donors (Lipinski definition) is 2. The van der Waals surface area contributed by atoms with Crippen molar-refractivity contribution in [2.45, 2.75) is 24.3 Å². The number of rotatable bonds is 6. The zero-order valence-corrected chi connectivity index (χ0v) is 13.1. The van der Waals surface area contributed by atoms with E-state index in [-0.39, 0.29) is 16.6 Å². The van der Waals surface area contributed by atoms with Crippen LogP contribution in [0.3, 0.4) is 0 Å². The Kier molecular flexibility index (Phi) is 5.79. The fourth-order valence-corrected chi connectivity index (χ4v) is 3.83. The van der Waals surface area contributed by atoms with Gasteiger partial charge in [0.25, 0.3) is 0 Å². The molecule has 0 heterocycles. The highest BCUT2D eigenvalue weighted by molar-refractivity contribution is 7.89. The molecule has 2 unspecified atom stereocenters. The summed E-state index contributed by atoms with van der Waals surface area (Å²) in [6.07, 6.45) is 2.07. The largest absolute Gasteiger partial charge is 0.398 e. The molecule has 3 N–H and O–H groups in total. The van der Waals surface area contributed by atoms with Gasteiger partial charge >= 0.3 is 0 Å². The molecule has 19 heavy (non-hydrogen) atoms. The maximum atomic E-state index is 12.1. The second-order valence-electron chi connectivity index (χ2n) is 4.27. The van der Waals surface area contributed by atoms with E-state index in [0.717, 1.165) is 0 Å². The second kappa shape index (κ2) is 6.69. The van der Waals surface area contributed by atoms with Crippen molar-refractivity contribution in [1.82, 2.24) is 4.72 Å². The first kappa shape index (κ1) is 16.4. The van der Waals surface area contributed by atoms with Crippen LogP contribution in [0.1, 0.15) is 13.3 Å². The van der Waals surface area contributed by atoms with Gasteiger partial charge in [-0.15, -0.1) is 0 Å². The van der Waals surface area contributed by atoms with E-state index >= 15 is 0 Å². The van der Waals surface area contributed by atoms with Crippen LogP contribution in [-0.2, 0) is 20.8 Å². The number of sulfonamides is 1. The minimum atomic E-state index is -3.72. The highest BCUT2D eigenvalue weighted by Gasteiger charge is 2.20. The number of benzene rings is 1. The lowest BCUT2D eigenvalue weighted by Crippen LogP contribution is -2.34. The van der Waals surface area contributed by atoms with Gasteiger partial charge in [0.05, 0.1) is 5.69 Å². The average Bonchev–Trinajstić information content (AvgIpc) is 2.29. The SMILES string of the molecule is CC(CCS(C)=O)NS(=O)(=O)c1cc(Cl)ccc1N. The van der Waals surface area contributed by atoms with Crippen molar-refractivity contribution in [3.8, 4) is 0 Å². The summed E-state index contributed by atoms with van der Waals surface area (Å²) < 4.78 is 37.7. The summed E-state index contributed by atoms with van der Waals surface area (Å²) in [4.78, 5) is -0.0375. The maximum absolute atomic E-state index is 12.1. The topological polar surface area (TPSA) is 89.3 Å². The number of nitrogens with one attached hydrogen (secondary N) is 1. The van der Waals surface area contributed by atoms with Crippen LogP contribution in [0.15, 0.2) is 23.1 Å². The number of anilines is 1. The van der Waals surface area contributed by atoms with Gasteiger partial charge in [-0.25, -0.2) is 13.1 Å². The normalized spacial score (nSPS) is 15.1. The molecule has 1 aromatic carbocycles. The Bertz CT molecular complexity index is 575.